The van der Waals surface area contributed by atoms with Crippen LogP contribution in [-0.4, -0.2) is 17.0 Å². The minimum atomic E-state index is -0.741. The van der Waals surface area contributed by atoms with Gasteiger partial charge < -0.3 is 9.84 Å². The zero-order chi connectivity index (χ0) is 6.20. The summed E-state index contributed by atoms with van der Waals surface area (Å²) in [5.41, 5.74) is 0. The third-order valence-electron chi connectivity index (χ3n) is 1.57. The number of rotatable bonds is 2. The van der Waals surface area contributed by atoms with Crippen molar-refractivity contribution in [2.24, 2.45) is 0 Å². The maximum absolute atomic E-state index is 9.18. The van der Waals surface area contributed by atoms with E-state index in [1.807, 2.05) is 13.8 Å². The molecule has 2 heteroatoms. The Morgan fingerprint density at radius 3 is 2.38 bits per heavy atom. The van der Waals surface area contributed by atoms with E-state index in [1.165, 1.54) is 0 Å². The molecule has 1 fully saturated rings. The monoisotopic (exact) mass is 116 g/mol. The molecular formula is C6H12O2. The van der Waals surface area contributed by atoms with Crippen LogP contribution in [-0.2, 0) is 4.74 Å². The highest BCUT2D eigenvalue weighted by atomic mass is 16.7. The first-order valence-electron chi connectivity index (χ1n) is 3.09. The molecule has 1 rings (SSSR count). The molecule has 0 radical (unpaired) electrons. The highest BCUT2D eigenvalue weighted by Crippen LogP contribution is 2.36. The zero-order valence-electron chi connectivity index (χ0n) is 5.35. The molecular weight excluding hydrogens is 104 g/mol. The van der Waals surface area contributed by atoms with E-state index >= 15 is 0 Å². The van der Waals surface area contributed by atoms with Crippen molar-refractivity contribution in [1.29, 1.82) is 0 Å². The summed E-state index contributed by atoms with van der Waals surface area (Å²) in [5, 5.41) is 9.18. The zero-order valence-corrected chi connectivity index (χ0v) is 5.35. The van der Waals surface area contributed by atoms with E-state index in [0.717, 1.165) is 12.8 Å². The molecule has 8 heavy (non-hydrogen) atoms. The average molecular weight is 116 g/mol. The maximum Gasteiger partial charge on any atom is 0.192 e. The van der Waals surface area contributed by atoms with Crippen molar-refractivity contribution in [3.05, 3.63) is 0 Å². The van der Waals surface area contributed by atoms with Crippen molar-refractivity contribution in [2.45, 2.75) is 38.6 Å². The molecule has 0 saturated carbocycles. The lowest BCUT2D eigenvalue weighted by molar-refractivity contribution is 0.0281. The number of ether oxygens (including phenoxy) is 1. The molecule has 1 N–H and O–H groups in total. The van der Waals surface area contributed by atoms with Gasteiger partial charge in [-0.3, -0.25) is 0 Å². The molecule has 48 valence electrons. The molecule has 1 aliphatic heterocycles. The van der Waals surface area contributed by atoms with Crippen LogP contribution in [0.25, 0.3) is 0 Å². The van der Waals surface area contributed by atoms with Crippen LogP contribution in [0.4, 0.5) is 0 Å². The van der Waals surface area contributed by atoms with Gasteiger partial charge >= 0.3 is 0 Å². The minimum Gasteiger partial charge on any atom is -0.363 e. The lowest BCUT2D eigenvalue weighted by atomic mass is 10.2. The van der Waals surface area contributed by atoms with Crippen LogP contribution in [0.2, 0.25) is 0 Å². The van der Waals surface area contributed by atoms with Gasteiger partial charge in [0.25, 0.3) is 0 Å². The largest absolute Gasteiger partial charge is 0.363 e. The smallest absolute Gasteiger partial charge is 0.192 e. The second-order valence-electron chi connectivity index (χ2n) is 2.35. The van der Waals surface area contributed by atoms with E-state index in [-0.39, 0.29) is 6.10 Å². The summed E-state index contributed by atoms with van der Waals surface area (Å²) in [6, 6.07) is 0. The van der Waals surface area contributed by atoms with Crippen molar-refractivity contribution in [1.82, 2.24) is 0 Å². The molecule has 0 amide bonds. The van der Waals surface area contributed by atoms with E-state index in [0.29, 0.717) is 0 Å². The Balaban J connectivity index is 2.25. The van der Waals surface area contributed by atoms with Gasteiger partial charge in [0, 0.05) is 6.42 Å². The summed E-state index contributed by atoms with van der Waals surface area (Å²) < 4.78 is 4.90. The number of hydrogen-bond acceptors (Lipinski definition) is 2. The van der Waals surface area contributed by atoms with Gasteiger partial charge in [-0.2, -0.15) is 0 Å². The molecule has 2 nitrogen and oxygen atoms in total. The van der Waals surface area contributed by atoms with Gasteiger partial charge in [-0.15, -0.1) is 0 Å². The predicted octanol–water partition coefficient (Wildman–Crippen LogP) is 0.894. The van der Waals surface area contributed by atoms with Gasteiger partial charge in [-0.05, 0) is 6.92 Å². The second-order valence-corrected chi connectivity index (χ2v) is 2.35. The average Bonchev–Trinajstić information content (AvgIpc) is 2.16. The molecule has 0 bridgehead atoms. The highest BCUT2D eigenvalue weighted by Gasteiger charge is 2.50. The Kier molecular flexibility index (Phi) is 1.29. The highest BCUT2D eigenvalue weighted by molar-refractivity contribution is 4.88. The Labute approximate surface area is 49.5 Å². The van der Waals surface area contributed by atoms with Crippen LogP contribution in [0.5, 0.6) is 0 Å². The Bertz CT molecular complexity index is 92.5. The molecule has 1 heterocycles. The molecule has 1 saturated heterocycles. The van der Waals surface area contributed by atoms with Crippen LogP contribution in [0.15, 0.2) is 0 Å². The van der Waals surface area contributed by atoms with Crippen molar-refractivity contribution in [3.8, 4) is 0 Å². The van der Waals surface area contributed by atoms with E-state index < -0.39 is 5.79 Å². The topological polar surface area (TPSA) is 32.8 Å². The Morgan fingerprint density at radius 1 is 1.75 bits per heavy atom. The quantitative estimate of drug-likeness (QED) is 0.543. The fourth-order valence-corrected chi connectivity index (χ4v) is 0.892. The van der Waals surface area contributed by atoms with Crippen molar-refractivity contribution in [3.63, 3.8) is 0 Å². The molecule has 0 spiro atoms. The molecule has 1 aliphatic rings. The van der Waals surface area contributed by atoms with Gasteiger partial charge in [0.1, 0.15) is 6.10 Å². The third-order valence-corrected chi connectivity index (χ3v) is 1.57. The molecule has 0 aliphatic carbocycles. The standard InChI is InChI=1S/C6H12O2/c1-3-4-6(7)5(2)8-6/h5,7H,3-4H2,1-2H3. The molecule has 0 aromatic heterocycles. The van der Waals surface area contributed by atoms with Crippen LogP contribution >= 0.6 is 0 Å². The predicted molar refractivity (Wildman–Crippen MR) is 30.4 cm³/mol. The van der Waals surface area contributed by atoms with E-state index in [2.05, 4.69) is 0 Å². The lowest BCUT2D eigenvalue weighted by Gasteiger charge is -1.98. The SMILES string of the molecule is CCCC1(O)OC1C. The normalized spacial score (nSPS) is 44.6. The van der Waals surface area contributed by atoms with Crippen molar-refractivity contribution < 1.29 is 9.84 Å². The minimum absolute atomic E-state index is 0.0717. The van der Waals surface area contributed by atoms with Crippen LogP contribution in [0, 0.1) is 0 Å². The molecule has 0 aromatic rings. The Morgan fingerprint density at radius 2 is 2.25 bits per heavy atom. The number of aliphatic hydroxyl groups is 1. The van der Waals surface area contributed by atoms with Crippen LogP contribution < -0.4 is 0 Å². The lowest BCUT2D eigenvalue weighted by Crippen LogP contribution is -2.10. The first kappa shape index (κ1) is 6.05. The van der Waals surface area contributed by atoms with Crippen molar-refractivity contribution >= 4 is 0 Å². The summed E-state index contributed by atoms with van der Waals surface area (Å²) in [7, 11) is 0. The maximum atomic E-state index is 9.18. The second kappa shape index (κ2) is 1.71. The summed E-state index contributed by atoms with van der Waals surface area (Å²) in [6.45, 7) is 3.92. The van der Waals surface area contributed by atoms with Crippen LogP contribution in [0.3, 0.4) is 0 Å². The fourth-order valence-electron chi connectivity index (χ4n) is 0.892. The van der Waals surface area contributed by atoms with E-state index in [9.17, 15) is 5.11 Å². The summed E-state index contributed by atoms with van der Waals surface area (Å²) in [5.74, 6) is -0.741. The van der Waals surface area contributed by atoms with E-state index in [1.54, 1.807) is 0 Å². The van der Waals surface area contributed by atoms with Gasteiger partial charge in [0.2, 0.25) is 0 Å². The molecule has 2 unspecified atom stereocenters. The number of epoxide rings is 1. The first-order valence-corrected chi connectivity index (χ1v) is 3.09. The van der Waals surface area contributed by atoms with Gasteiger partial charge in [0.05, 0.1) is 0 Å². The van der Waals surface area contributed by atoms with Gasteiger partial charge in [0.15, 0.2) is 5.79 Å². The summed E-state index contributed by atoms with van der Waals surface area (Å²) >= 11 is 0. The Hall–Kier alpha value is -0.0800. The van der Waals surface area contributed by atoms with Crippen molar-refractivity contribution in [2.75, 3.05) is 0 Å². The summed E-state index contributed by atoms with van der Waals surface area (Å²) in [4.78, 5) is 0. The van der Waals surface area contributed by atoms with Gasteiger partial charge in [-0.1, -0.05) is 13.3 Å². The third kappa shape index (κ3) is 0.858. The molecule has 2 atom stereocenters. The van der Waals surface area contributed by atoms with Gasteiger partial charge in [-0.25, -0.2) is 0 Å². The van der Waals surface area contributed by atoms with Crippen LogP contribution in [0.1, 0.15) is 26.7 Å². The number of hydrogen-bond donors (Lipinski definition) is 1. The molecule has 0 aromatic carbocycles. The fraction of sp³-hybridized carbons (Fsp3) is 1.00. The van der Waals surface area contributed by atoms with E-state index in [4.69, 9.17) is 4.74 Å². The summed E-state index contributed by atoms with van der Waals surface area (Å²) in [6.07, 6.45) is 1.83. The first-order chi connectivity index (χ1) is 3.69.